The molecule has 102 valence electrons. The quantitative estimate of drug-likeness (QED) is 0.502. The molecule has 1 heterocycles. The van der Waals surface area contributed by atoms with Gasteiger partial charge in [0.25, 0.3) is 0 Å². The zero-order valence-corrected chi connectivity index (χ0v) is 9.90. The molecular formula is C14H7F3O3. The van der Waals surface area contributed by atoms with Gasteiger partial charge in [-0.15, -0.1) is 13.2 Å². The first kappa shape index (κ1) is 12.5. The van der Waals surface area contributed by atoms with Crippen LogP contribution in [0.15, 0.2) is 51.7 Å². The van der Waals surface area contributed by atoms with Crippen LogP contribution in [0.2, 0.25) is 0 Å². The van der Waals surface area contributed by atoms with Crippen LogP contribution in [0.25, 0.3) is 21.7 Å². The minimum atomic E-state index is -4.79. The molecule has 1 aromatic heterocycles. The summed E-state index contributed by atoms with van der Waals surface area (Å²) in [6, 6.07) is 10.4. The van der Waals surface area contributed by atoms with E-state index in [9.17, 15) is 18.0 Å². The molecule has 0 saturated heterocycles. The maximum atomic E-state index is 12.2. The Labute approximate surface area is 110 Å². The van der Waals surface area contributed by atoms with E-state index in [1.807, 2.05) is 0 Å². The van der Waals surface area contributed by atoms with Gasteiger partial charge in [-0.05, 0) is 23.6 Å². The lowest BCUT2D eigenvalue weighted by molar-refractivity contribution is -0.274. The van der Waals surface area contributed by atoms with E-state index >= 15 is 0 Å². The smallest absolute Gasteiger partial charge is 0.422 e. The topological polar surface area (TPSA) is 39.4 Å². The number of hydrogen-bond donors (Lipinski definition) is 0. The van der Waals surface area contributed by atoms with Crippen molar-refractivity contribution in [2.75, 3.05) is 0 Å². The summed E-state index contributed by atoms with van der Waals surface area (Å²) in [4.78, 5) is 11.8. The molecule has 0 spiro atoms. The molecule has 0 aliphatic rings. The summed E-state index contributed by atoms with van der Waals surface area (Å²) in [6.45, 7) is 0. The fourth-order valence-electron chi connectivity index (χ4n) is 2.06. The highest BCUT2D eigenvalue weighted by molar-refractivity contribution is 6.04. The molecule has 3 nitrogen and oxygen atoms in total. The fourth-order valence-corrected chi connectivity index (χ4v) is 2.06. The number of fused-ring (bicyclic) bond motifs is 3. The Morgan fingerprint density at radius 3 is 2.35 bits per heavy atom. The summed E-state index contributed by atoms with van der Waals surface area (Å²) in [7, 11) is 0. The average molecular weight is 280 g/mol. The Kier molecular flexibility index (Phi) is 2.67. The molecular weight excluding hydrogens is 273 g/mol. The van der Waals surface area contributed by atoms with E-state index in [2.05, 4.69) is 4.74 Å². The second-order valence-electron chi connectivity index (χ2n) is 4.14. The number of alkyl halides is 3. The van der Waals surface area contributed by atoms with Crippen molar-refractivity contribution in [1.82, 2.24) is 0 Å². The number of benzene rings is 2. The average Bonchev–Trinajstić information content (AvgIpc) is 2.37. The summed E-state index contributed by atoms with van der Waals surface area (Å²) >= 11 is 0. The Morgan fingerprint density at radius 2 is 1.65 bits per heavy atom. The molecule has 3 aromatic rings. The highest BCUT2D eigenvalue weighted by atomic mass is 19.4. The van der Waals surface area contributed by atoms with Crippen molar-refractivity contribution in [2.45, 2.75) is 6.36 Å². The van der Waals surface area contributed by atoms with Crippen molar-refractivity contribution >= 4 is 21.7 Å². The largest absolute Gasteiger partial charge is 0.573 e. The molecule has 2 aromatic carbocycles. The van der Waals surface area contributed by atoms with Crippen LogP contribution in [0.3, 0.4) is 0 Å². The van der Waals surface area contributed by atoms with Gasteiger partial charge in [-0.1, -0.05) is 18.2 Å². The van der Waals surface area contributed by atoms with Crippen LogP contribution < -0.4 is 10.4 Å². The Morgan fingerprint density at radius 1 is 0.950 bits per heavy atom. The van der Waals surface area contributed by atoms with Gasteiger partial charge >= 0.3 is 12.0 Å². The maximum absolute atomic E-state index is 12.2. The summed E-state index contributed by atoms with van der Waals surface area (Å²) in [6.07, 6.45) is -4.79. The molecule has 0 bridgehead atoms. The predicted octanol–water partition coefficient (Wildman–Crippen LogP) is 3.84. The van der Waals surface area contributed by atoms with Crippen LogP contribution in [0, 0.1) is 0 Å². The molecule has 0 fully saturated rings. The fraction of sp³-hybridized carbons (Fsp3) is 0.0714. The van der Waals surface area contributed by atoms with Crippen LogP contribution in [-0.2, 0) is 0 Å². The van der Waals surface area contributed by atoms with Crippen LogP contribution >= 0.6 is 0 Å². The second-order valence-corrected chi connectivity index (χ2v) is 4.14. The number of rotatable bonds is 1. The minimum absolute atomic E-state index is 0.0513. The summed E-state index contributed by atoms with van der Waals surface area (Å²) in [5.41, 5.74) is -0.548. The van der Waals surface area contributed by atoms with E-state index in [-0.39, 0.29) is 5.58 Å². The third-order valence-corrected chi connectivity index (χ3v) is 2.83. The van der Waals surface area contributed by atoms with Crippen molar-refractivity contribution in [1.29, 1.82) is 0 Å². The Hall–Kier alpha value is -2.50. The summed E-state index contributed by atoms with van der Waals surface area (Å²) in [5, 5.41) is 1.55. The minimum Gasteiger partial charge on any atom is -0.422 e. The van der Waals surface area contributed by atoms with Gasteiger partial charge in [-0.3, -0.25) is 0 Å². The van der Waals surface area contributed by atoms with Crippen LogP contribution in [-0.4, -0.2) is 6.36 Å². The van der Waals surface area contributed by atoms with Gasteiger partial charge in [-0.25, -0.2) is 4.79 Å². The van der Waals surface area contributed by atoms with E-state index in [1.165, 1.54) is 12.1 Å². The first-order valence-electron chi connectivity index (χ1n) is 5.65. The van der Waals surface area contributed by atoms with Crippen molar-refractivity contribution < 1.29 is 22.3 Å². The van der Waals surface area contributed by atoms with E-state index in [4.69, 9.17) is 4.42 Å². The van der Waals surface area contributed by atoms with Gasteiger partial charge in [0.2, 0.25) is 0 Å². The van der Waals surface area contributed by atoms with E-state index in [1.54, 1.807) is 24.3 Å². The molecule has 0 radical (unpaired) electrons. The van der Waals surface area contributed by atoms with Crippen LogP contribution in [0.1, 0.15) is 0 Å². The van der Waals surface area contributed by atoms with Gasteiger partial charge in [0.15, 0.2) is 0 Å². The molecule has 6 heteroatoms. The Bertz CT molecular complexity index is 850. The van der Waals surface area contributed by atoms with Gasteiger partial charge in [0.1, 0.15) is 11.3 Å². The number of halogens is 3. The SMILES string of the molecule is O=c1oc2cc(OC(F)(F)F)ccc2c2ccccc12. The first-order chi connectivity index (χ1) is 9.44. The van der Waals surface area contributed by atoms with Crippen molar-refractivity contribution in [3.05, 3.63) is 52.9 Å². The van der Waals surface area contributed by atoms with Gasteiger partial charge in [0, 0.05) is 11.5 Å². The highest BCUT2D eigenvalue weighted by Crippen LogP contribution is 2.29. The standard InChI is InChI=1S/C14H7F3O3/c15-14(16,17)20-8-5-6-10-9-3-1-2-4-11(9)13(18)19-12(10)7-8/h1-7H. The molecule has 0 saturated carbocycles. The summed E-state index contributed by atoms with van der Waals surface area (Å²) < 4.78 is 45.3. The second kappa shape index (κ2) is 4.26. The van der Waals surface area contributed by atoms with Gasteiger partial charge in [0.05, 0.1) is 5.39 Å². The van der Waals surface area contributed by atoms with Gasteiger partial charge < -0.3 is 9.15 Å². The van der Waals surface area contributed by atoms with Crippen LogP contribution in [0.5, 0.6) is 5.75 Å². The molecule has 3 rings (SSSR count). The normalized spacial score (nSPS) is 11.9. The van der Waals surface area contributed by atoms with E-state index in [0.717, 1.165) is 6.07 Å². The van der Waals surface area contributed by atoms with Crippen molar-refractivity contribution in [2.24, 2.45) is 0 Å². The molecule has 0 amide bonds. The third kappa shape index (κ3) is 2.20. The lowest BCUT2D eigenvalue weighted by Crippen LogP contribution is -2.17. The van der Waals surface area contributed by atoms with Gasteiger partial charge in [-0.2, -0.15) is 0 Å². The molecule has 0 atom stereocenters. The monoisotopic (exact) mass is 280 g/mol. The zero-order valence-electron chi connectivity index (χ0n) is 9.90. The number of hydrogen-bond acceptors (Lipinski definition) is 3. The molecule has 0 N–H and O–H groups in total. The van der Waals surface area contributed by atoms with E-state index in [0.29, 0.717) is 16.2 Å². The zero-order chi connectivity index (χ0) is 14.3. The van der Waals surface area contributed by atoms with E-state index < -0.39 is 17.7 Å². The molecule has 20 heavy (non-hydrogen) atoms. The molecule has 0 aliphatic heterocycles. The molecule has 0 aliphatic carbocycles. The Balaban J connectivity index is 2.26. The lowest BCUT2D eigenvalue weighted by Gasteiger charge is -2.09. The first-order valence-corrected chi connectivity index (χ1v) is 5.65. The third-order valence-electron chi connectivity index (χ3n) is 2.83. The van der Waals surface area contributed by atoms with Crippen molar-refractivity contribution in [3.63, 3.8) is 0 Å². The molecule has 0 unspecified atom stereocenters. The number of ether oxygens (including phenoxy) is 1. The summed E-state index contributed by atoms with van der Waals surface area (Å²) in [5.74, 6) is -0.427. The lowest BCUT2D eigenvalue weighted by atomic mass is 10.1. The predicted molar refractivity (Wildman–Crippen MR) is 66.7 cm³/mol. The maximum Gasteiger partial charge on any atom is 0.573 e. The van der Waals surface area contributed by atoms with Crippen molar-refractivity contribution in [3.8, 4) is 5.75 Å². The van der Waals surface area contributed by atoms with Crippen LogP contribution in [0.4, 0.5) is 13.2 Å². The highest BCUT2D eigenvalue weighted by Gasteiger charge is 2.31.